The Kier molecular flexibility index (Phi) is 3.77. The number of hydrogen-bond acceptors (Lipinski definition) is 4. The van der Waals surface area contributed by atoms with Gasteiger partial charge in [0.15, 0.2) is 0 Å². The Balaban J connectivity index is 2.24. The number of thiophene rings is 1. The third kappa shape index (κ3) is 2.85. The molecule has 1 aromatic rings. The van der Waals surface area contributed by atoms with Crippen LogP contribution in [0.3, 0.4) is 0 Å². The quantitative estimate of drug-likeness (QED) is 0.863. The van der Waals surface area contributed by atoms with Crippen molar-refractivity contribution in [3.05, 3.63) is 22.4 Å². The Bertz CT molecular complexity index is 439. The van der Waals surface area contributed by atoms with Crippen molar-refractivity contribution in [1.29, 1.82) is 0 Å². The van der Waals surface area contributed by atoms with Crippen molar-refractivity contribution in [2.24, 2.45) is 0 Å². The molecule has 1 saturated heterocycles. The highest BCUT2D eigenvalue weighted by Crippen LogP contribution is 2.41. The highest BCUT2D eigenvalue weighted by molar-refractivity contribution is 7.08. The summed E-state index contributed by atoms with van der Waals surface area (Å²) in [6.07, 6.45) is 0.00750. The van der Waals surface area contributed by atoms with Crippen LogP contribution in [-0.4, -0.2) is 29.4 Å². The van der Waals surface area contributed by atoms with Gasteiger partial charge in [0.1, 0.15) is 0 Å². The van der Waals surface area contributed by atoms with E-state index in [0.717, 1.165) is 5.56 Å². The normalized spacial score (nSPS) is 22.4. The molecule has 0 radical (unpaired) electrons. The molecule has 2 heterocycles. The summed E-state index contributed by atoms with van der Waals surface area (Å²) in [5, 5.41) is 13.0. The largest absolute Gasteiger partial charge is 0.481 e. The van der Waals surface area contributed by atoms with E-state index in [-0.39, 0.29) is 12.2 Å². The van der Waals surface area contributed by atoms with Crippen LogP contribution in [0.1, 0.15) is 45.5 Å². The molecule has 6 heteroatoms. The standard InChI is InChI=1S/C13H19BO4S/c1-12(2)13(3,4)18-14(17-12)10(7-11(15)16)9-5-6-19-8-9/h5-6,8,10H,7H2,1-4H3,(H,15,16). The molecule has 0 saturated carbocycles. The first-order valence-electron chi connectivity index (χ1n) is 6.32. The minimum Gasteiger partial charge on any atom is -0.481 e. The molecule has 1 aliphatic heterocycles. The third-order valence-corrected chi connectivity index (χ3v) is 4.67. The lowest BCUT2D eigenvalue weighted by molar-refractivity contribution is -0.137. The summed E-state index contributed by atoms with van der Waals surface area (Å²) in [5.41, 5.74) is 0.0837. The smallest absolute Gasteiger partial charge is 0.466 e. The van der Waals surface area contributed by atoms with E-state index in [1.54, 1.807) is 11.3 Å². The molecule has 1 N–H and O–H groups in total. The zero-order chi connectivity index (χ0) is 14.3. The second-order valence-corrected chi connectivity index (χ2v) is 6.67. The zero-order valence-corrected chi connectivity index (χ0v) is 12.5. The molecule has 19 heavy (non-hydrogen) atoms. The van der Waals surface area contributed by atoms with E-state index in [2.05, 4.69) is 0 Å². The Morgan fingerprint density at radius 3 is 2.37 bits per heavy atom. The van der Waals surface area contributed by atoms with Crippen LogP contribution in [0, 0.1) is 0 Å². The maximum Gasteiger partial charge on any atom is 0.466 e. The summed E-state index contributed by atoms with van der Waals surface area (Å²) >= 11 is 1.55. The molecule has 1 fully saturated rings. The van der Waals surface area contributed by atoms with Crippen molar-refractivity contribution < 1.29 is 19.2 Å². The van der Waals surface area contributed by atoms with Crippen molar-refractivity contribution in [3.8, 4) is 0 Å². The first kappa shape index (κ1) is 14.6. The fourth-order valence-corrected chi connectivity index (χ4v) is 2.82. The minimum atomic E-state index is -0.842. The summed E-state index contributed by atoms with van der Waals surface area (Å²) in [4.78, 5) is 11.1. The van der Waals surface area contributed by atoms with Crippen molar-refractivity contribution in [2.45, 2.75) is 51.1 Å². The molecule has 1 aliphatic rings. The number of hydrogen-bond donors (Lipinski definition) is 1. The fraction of sp³-hybridized carbons (Fsp3) is 0.615. The van der Waals surface area contributed by atoms with Crippen LogP contribution in [-0.2, 0) is 14.1 Å². The molecule has 0 aliphatic carbocycles. The molecule has 1 aromatic heterocycles. The molecule has 0 bridgehead atoms. The molecule has 0 aromatic carbocycles. The van der Waals surface area contributed by atoms with Crippen molar-refractivity contribution in [2.75, 3.05) is 0 Å². The maximum absolute atomic E-state index is 11.1. The summed E-state index contributed by atoms with van der Waals surface area (Å²) in [7, 11) is -0.518. The number of rotatable bonds is 4. The van der Waals surface area contributed by atoms with Crippen LogP contribution in [0.15, 0.2) is 16.8 Å². The Hall–Kier alpha value is -0.845. The van der Waals surface area contributed by atoms with Gasteiger partial charge in [-0.2, -0.15) is 11.3 Å². The summed E-state index contributed by atoms with van der Waals surface area (Å²) in [6.45, 7) is 7.88. The SMILES string of the molecule is CC1(C)OB(C(CC(=O)O)c2ccsc2)OC1(C)C. The van der Waals surface area contributed by atoms with Gasteiger partial charge in [0.2, 0.25) is 0 Å². The van der Waals surface area contributed by atoms with Gasteiger partial charge in [-0.15, -0.1) is 0 Å². The lowest BCUT2D eigenvalue weighted by atomic mass is 9.67. The highest BCUT2D eigenvalue weighted by atomic mass is 32.1. The molecule has 1 atom stereocenters. The van der Waals surface area contributed by atoms with E-state index < -0.39 is 24.3 Å². The number of aliphatic carboxylic acids is 1. The van der Waals surface area contributed by atoms with Gasteiger partial charge in [0.05, 0.1) is 17.6 Å². The molecular weight excluding hydrogens is 263 g/mol. The number of carbonyl (C=O) groups is 1. The van der Waals surface area contributed by atoms with E-state index in [0.29, 0.717) is 0 Å². The zero-order valence-electron chi connectivity index (χ0n) is 11.7. The van der Waals surface area contributed by atoms with Crippen LogP contribution in [0.25, 0.3) is 0 Å². The van der Waals surface area contributed by atoms with Gasteiger partial charge < -0.3 is 14.4 Å². The van der Waals surface area contributed by atoms with Gasteiger partial charge in [-0.05, 0) is 50.1 Å². The van der Waals surface area contributed by atoms with Crippen LogP contribution >= 0.6 is 11.3 Å². The van der Waals surface area contributed by atoms with Gasteiger partial charge in [-0.25, -0.2) is 0 Å². The fourth-order valence-electron chi connectivity index (χ4n) is 2.10. The van der Waals surface area contributed by atoms with Gasteiger partial charge in [0, 0.05) is 5.82 Å². The second-order valence-electron chi connectivity index (χ2n) is 5.89. The van der Waals surface area contributed by atoms with Gasteiger partial charge in [-0.3, -0.25) is 4.79 Å². The van der Waals surface area contributed by atoms with Gasteiger partial charge in [0.25, 0.3) is 0 Å². The molecule has 2 rings (SSSR count). The number of carboxylic acid groups (broad SMARTS) is 1. The average molecular weight is 282 g/mol. The van der Waals surface area contributed by atoms with Gasteiger partial charge in [-0.1, -0.05) is 0 Å². The predicted molar refractivity (Wildman–Crippen MR) is 75.4 cm³/mol. The lowest BCUT2D eigenvalue weighted by Crippen LogP contribution is -2.41. The van der Waals surface area contributed by atoms with Crippen LogP contribution in [0.2, 0.25) is 0 Å². The van der Waals surface area contributed by atoms with Gasteiger partial charge >= 0.3 is 13.1 Å². The Morgan fingerprint density at radius 2 is 1.95 bits per heavy atom. The maximum atomic E-state index is 11.1. The van der Waals surface area contributed by atoms with E-state index in [1.807, 2.05) is 44.5 Å². The molecule has 4 nitrogen and oxygen atoms in total. The van der Waals surface area contributed by atoms with Crippen molar-refractivity contribution >= 4 is 24.4 Å². The van der Waals surface area contributed by atoms with E-state index in [1.165, 1.54) is 0 Å². The molecule has 104 valence electrons. The van der Waals surface area contributed by atoms with Crippen molar-refractivity contribution in [3.63, 3.8) is 0 Å². The second kappa shape index (κ2) is 4.92. The van der Waals surface area contributed by atoms with Crippen LogP contribution in [0.5, 0.6) is 0 Å². The van der Waals surface area contributed by atoms with E-state index in [4.69, 9.17) is 14.4 Å². The summed E-state index contributed by atoms with van der Waals surface area (Å²) in [6, 6.07) is 1.93. The highest BCUT2D eigenvalue weighted by Gasteiger charge is 2.54. The Morgan fingerprint density at radius 1 is 1.37 bits per heavy atom. The average Bonchev–Trinajstić information content (AvgIpc) is 2.82. The van der Waals surface area contributed by atoms with Crippen LogP contribution < -0.4 is 0 Å². The minimum absolute atomic E-state index is 0.00750. The topological polar surface area (TPSA) is 55.8 Å². The third-order valence-electron chi connectivity index (χ3n) is 3.97. The summed E-state index contributed by atoms with van der Waals surface area (Å²) < 4.78 is 11.9. The Labute approximate surface area is 117 Å². The van der Waals surface area contributed by atoms with E-state index >= 15 is 0 Å². The van der Waals surface area contributed by atoms with Crippen LogP contribution in [0.4, 0.5) is 0 Å². The lowest BCUT2D eigenvalue weighted by Gasteiger charge is -2.32. The number of carboxylic acids is 1. The predicted octanol–water partition coefficient (Wildman–Crippen LogP) is 2.94. The first-order valence-corrected chi connectivity index (χ1v) is 7.27. The van der Waals surface area contributed by atoms with E-state index in [9.17, 15) is 4.79 Å². The van der Waals surface area contributed by atoms with Crippen molar-refractivity contribution in [1.82, 2.24) is 0 Å². The first-order chi connectivity index (χ1) is 8.73. The molecule has 1 unspecified atom stereocenters. The monoisotopic (exact) mass is 282 g/mol. The molecular formula is C13H19BO4S. The summed E-state index contributed by atoms with van der Waals surface area (Å²) in [5.74, 6) is -1.12. The molecule has 0 spiro atoms. The molecule has 0 amide bonds.